The zero-order valence-electron chi connectivity index (χ0n) is 12.6. The molecule has 0 spiro atoms. The van der Waals surface area contributed by atoms with Crippen molar-refractivity contribution < 1.29 is 0 Å². The van der Waals surface area contributed by atoms with Gasteiger partial charge >= 0.3 is 5.69 Å². The van der Waals surface area contributed by atoms with Crippen LogP contribution in [0.1, 0.15) is 16.8 Å². The minimum atomic E-state index is -0.176. The summed E-state index contributed by atoms with van der Waals surface area (Å²) in [6, 6.07) is 20.3. The molecule has 23 heavy (non-hydrogen) atoms. The summed E-state index contributed by atoms with van der Waals surface area (Å²) in [7, 11) is 0. The summed E-state index contributed by atoms with van der Waals surface area (Å²) in [5.74, 6) is 0. The number of fused-ring (bicyclic) bond motifs is 3. The Bertz CT molecular complexity index is 939. The first kappa shape index (κ1) is 13.7. The maximum absolute atomic E-state index is 12.3. The molecule has 2 heterocycles. The number of aromatic nitrogens is 2. The summed E-state index contributed by atoms with van der Waals surface area (Å²) < 4.78 is 1.77. The maximum atomic E-state index is 12.3. The molecule has 0 aliphatic carbocycles. The molecule has 4 rings (SSSR count). The predicted molar refractivity (Wildman–Crippen MR) is 93.0 cm³/mol. The van der Waals surface area contributed by atoms with E-state index in [-0.39, 0.29) is 5.69 Å². The van der Waals surface area contributed by atoms with Crippen LogP contribution in [0.15, 0.2) is 65.5 Å². The fourth-order valence-electron chi connectivity index (χ4n) is 3.01. The zero-order chi connectivity index (χ0) is 15.6. The van der Waals surface area contributed by atoms with Crippen LogP contribution in [0.4, 0.5) is 0 Å². The molecule has 1 aliphatic heterocycles. The molecular weight excluding hydrogens is 284 g/mol. The summed E-state index contributed by atoms with van der Waals surface area (Å²) >= 11 is 0. The molecule has 1 aliphatic rings. The second-order valence-electron chi connectivity index (χ2n) is 5.65. The summed E-state index contributed by atoms with van der Waals surface area (Å²) in [4.78, 5) is 16.5. The van der Waals surface area contributed by atoms with Crippen molar-refractivity contribution in [3.05, 3.63) is 88.0 Å². The fourth-order valence-corrected chi connectivity index (χ4v) is 3.01. The van der Waals surface area contributed by atoms with E-state index in [0.717, 1.165) is 23.2 Å². The van der Waals surface area contributed by atoms with Crippen molar-refractivity contribution in [1.82, 2.24) is 9.55 Å². The Morgan fingerprint density at radius 3 is 2.61 bits per heavy atom. The number of hydrogen-bond donors (Lipinski definition) is 0. The fraction of sp³-hybridized carbons (Fsp3) is 0.100. The van der Waals surface area contributed by atoms with Crippen LogP contribution in [-0.2, 0) is 13.0 Å². The molecule has 3 heteroatoms. The number of nitrogens with zero attached hydrogens (tertiary/aromatic N) is 2. The molecule has 0 saturated carbocycles. The molecule has 112 valence electrons. The van der Waals surface area contributed by atoms with Gasteiger partial charge in [0, 0.05) is 12.1 Å². The highest BCUT2D eigenvalue weighted by Crippen LogP contribution is 2.28. The van der Waals surface area contributed by atoms with E-state index < -0.39 is 0 Å². The molecule has 3 nitrogen and oxygen atoms in total. The van der Waals surface area contributed by atoms with Crippen LogP contribution in [-0.4, -0.2) is 9.55 Å². The monoisotopic (exact) mass is 300 g/mol. The summed E-state index contributed by atoms with van der Waals surface area (Å²) in [6.07, 6.45) is 4.76. The average Bonchev–Trinajstić information content (AvgIpc) is 2.61. The second kappa shape index (κ2) is 5.69. The van der Waals surface area contributed by atoms with Crippen molar-refractivity contribution in [1.29, 1.82) is 0 Å². The highest BCUT2D eigenvalue weighted by Gasteiger charge is 2.17. The normalized spacial score (nSPS) is 12.9. The van der Waals surface area contributed by atoms with Gasteiger partial charge in [-0.25, -0.2) is 4.79 Å². The maximum Gasteiger partial charge on any atom is 0.348 e. The largest absolute Gasteiger partial charge is 0.348 e. The molecule has 0 bridgehead atoms. The Morgan fingerprint density at radius 1 is 0.957 bits per heavy atom. The third-order valence-electron chi connectivity index (χ3n) is 4.18. The standard InChI is InChI=1S/C20H16N2O/c23-20-21-17(11-10-15-6-2-1-3-7-15)14-19-18-9-5-4-8-16(18)12-13-22(19)20/h1-11,14H,12-13H2/b11-10+. The molecule has 0 amide bonds. The van der Waals surface area contributed by atoms with E-state index in [0.29, 0.717) is 12.2 Å². The minimum absolute atomic E-state index is 0.176. The molecule has 0 radical (unpaired) electrons. The second-order valence-corrected chi connectivity index (χ2v) is 5.65. The van der Waals surface area contributed by atoms with Crippen LogP contribution in [0.25, 0.3) is 23.4 Å². The van der Waals surface area contributed by atoms with Gasteiger partial charge in [-0.2, -0.15) is 4.98 Å². The van der Waals surface area contributed by atoms with E-state index in [1.807, 2.05) is 60.7 Å². The molecule has 0 atom stereocenters. The van der Waals surface area contributed by atoms with Crippen LogP contribution in [0.5, 0.6) is 0 Å². The molecule has 0 N–H and O–H groups in total. The van der Waals surface area contributed by atoms with Gasteiger partial charge in [0.05, 0.1) is 11.4 Å². The van der Waals surface area contributed by atoms with Gasteiger partial charge in [0.1, 0.15) is 0 Å². The van der Waals surface area contributed by atoms with Gasteiger partial charge in [-0.05, 0) is 29.7 Å². The van der Waals surface area contributed by atoms with Gasteiger partial charge in [-0.15, -0.1) is 0 Å². The lowest BCUT2D eigenvalue weighted by molar-refractivity contribution is 0.639. The van der Waals surface area contributed by atoms with Gasteiger partial charge in [0.25, 0.3) is 0 Å². The lowest BCUT2D eigenvalue weighted by Gasteiger charge is -2.21. The van der Waals surface area contributed by atoms with Crippen LogP contribution >= 0.6 is 0 Å². The van der Waals surface area contributed by atoms with Crippen LogP contribution in [0, 0.1) is 0 Å². The minimum Gasteiger partial charge on any atom is -0.292 e. The number of rotatable bonds is 2. The van der Waals surface area contributed by atoms with Crippen molar-refractivity contribution >= 4 is 12.2 Å². The quantitative estimate of drug-likeness (QED) is 0.724. The van der Waals surface area contributed by atoms with E-state index >= 15 is 0 Å². The van der Waals surface area contributed by atoms with Crippen LogP contribution in [0.2, 0.25) is 0 Å². The number of benzene rings is 2. The van der Waals surface area contributed by atoms with E-state index in [9.17, 15) is 4.79 Å². The Labute approximate surface area is 134 Å². The third-order valence-corrected chi connectivity index (χ3v) is 4.18. The lowest BCUT2D eigenvalue weighted by atomic mass is 9.97. The van der Waals surface area contributed by atoms with Crippen molar-refractivity contribution in [3.63, 3.8) is 0 Å². The van der Waals surface area contributed by atoms with Gasteiger partial charge in [-0.3, -0.25) is 4.57 Å². The Morgan fingerprint density at radius 2 is 1.74 bits per heavy atom. The van der Waals surface area contributed by atoms with E-state index in [1.54, 1.807) is 4.57 Å². The molecular formula is C20H16N2O. The first-order valence-corrected chi connectivity index (χ1v) is 7.74. The predicted octanol–water partition coefficient (Wildman–Crippen LogP) is 3.64. The molecule has 1 aromatic heterocycles. The van der Waals surface area contributed by atoms with Crippen molar-refractivity contribution in [2.45, 2.75) is 13.0 Å². The van der Waals surface area contributed by atoms with E-state index in [1.165, 1.54) is 5.56 Å². The summed E-state index contributed by atoms with van der Waals surface area (Å²) in [5.41, 5.74) is 4.99. The van der Waals surface area contributed by atoms with Gasteiger partial charge in [-0.1, -0.05) is 60.7 Å². The van der Waals surface area contributed by atoms with Gasteiger partial charge < -0.3 is 0 Å². The molecule has 0 fully saturated rings. The van der Waals surface area contributed by atoms with Gasteiger partial charge in [0.2, 0.25) is 0 Å². The van der Waals surface area contributed by atoms with Crippen molar-refractivity contribution in [2.75, 3.05) is 0 Å². The van der Waals surface area contributed by atoms with Crippen LogP contribution in [0.3, 0.4) is 0 Å². The summed E-state index contributed by atoms with van der Waals surface area (Å²) in [5, 5.41) is 0. The smallest absolute Gasteiger partial charge is 0.292 e. The first-order valence-electron chi connectivity index (χ1n) is 7.74. The average molecular weight is 300 g/mol. The lowest BCUT2D eigenvalue weighted by Crippen LogP contribution is -2.28. The molecule has 0 saturated heterocycles. The Kier molecular flexibility index (Phi) is 3.39. The van der Waals surface area contributed by atoms with Crippen LogP contribution < -0.4 is 5.69 Å². The van der Waals surface area contributed by atoms with Crippen molar-refractivity contribution in [3.8, 4) is 11.3 Å². The topological polar surface area (TPSA) is 34.9 Å². The highest BCUT2D eigenvalue weighted by atomic mass is 16.1. The SMILES string of the molecule is O=c1nc(/C=C/c2ccccc2)cc2n1CCc1ccccc1-2. The Hall–Kier alpha value is -2.94. The number of aryl methyl sites for hydroxylation is 1. The molecule has 3 aromatic rings. The van der Waals surface area contributed by atoms with Crippen molar-refractivity contribution in [2.24, 2.45) is 0 Å². The highest BCUT2D eigenvalue weighted by molar-refractivity contribution is 5.72. The third kappa shape index (κ3) is 2.61. The Balaban J connectivity index is 1.79. The molecule has 0 unspecified atom stereocenters. The number of hydrogen-bond acceptors (Lipinski definition) is 2. The zero-order valence-corrected chi connectivity index (χ0v) is 12.6. The van der Waals surface area contributed by atoms with E-state index in [4.69, 9.17) is 0 Å². The summed E-state index contributed by atoms with van der Waals surface area (Å²) in [6.45, 7) is 0.695. The molecule has 2 aromatic carbocycles. The van der Waals surface area contributed by atoms with E-state index in [2.05, 4.69) is 17.1 Å². The first-order chi connectivity index (χ1) is 11.3. The van der Waals surface area contributed by atoms with Gasteiger partial charge in [0.15, 0.2) is 0 Å².